The first-order valence-electron chi connectivity index (χ1n) is 15.6. The van der Waals surface area contributed by atoms with Crippen LogP contribution in [0.2, 0.25) is 0 Å². The molecule has 0 amide bonds. The fourth-order valence-corrected chi connectivity index (χ4v) is 12.2. The molecule has 0 saturated heterocycles. The number of aryl methyl sites for hydroxylation is 1. The number of hydrogen-bond acceptors (Lipinski definition) is 10. The summed E-state index contributed by atoms with van der Waals surface area (Å²) in [6.45, 7) is 3.92. The van der Waals surface area contributed by atoms with Crippen LogP contribution in [0.25, 0.3) is 59.9 Å². The Morgan fingerprint density at radius 1 is 0.612 bits per heavy atom. The predicted octanol–water partition coefficient (Wildman–Crippen LogP) is 14.0. The van der Waals surface area contributed by atoms with Crippen LogP contribution in [0.3, 0.4) is 0 Å². The van der Waals surface area contributed by atoms with Gasteiger partial charge in [0.15, 0.2) is 0 Å². The van der Waals surface area contributed by atoms with Gasteiger partial charge in [-0.1, -0.05) is 19.1 Å². The van der Waals surface area contributed by atoms with Gasteiger partial charge in [-0.05, 0) is 121 Å². The third-order valence-corrected chi connectivity index (χ3v) is 15.3. The third kappa shape index (κ3) is 7.72. The summed E-state index contributed by atoms with van der Waals surface area (Å²) >= 11 is 11.9. The number of Topliss-reactive ketones (excluding diaryl/α,β-unsaturated/α-hetero) is 1. The Morgan fingerprint density at radius 3 is 1.63 bits per heavy atom. The van der Waals surface area contributed by atoms with Gasteiger partial charge in [-0.25, -0.2) is 0 Å². The van der Waals surface area contributed by atoms with Crippen molar-refractivity contribution < 1.29 is 13.2 Å². The van der Waals surface area contributed by atoms with Crippen LogP contribution in [0, 0.1) is 0 Å². The highest BCUT2D eigenvalue weighted by molar-refractivity contribution is 7.94. The fraction of sp³-hybridized carbons (Fsp3) is 0.154. The van der Waals surface area contributed by atoms with E-state index < -0.39 is 0 Å². The second kappa shape index (κ2) is 15.5. The summed E-state index contributed by atoms with van der Waals surface area (Å²) in [6.07, 6.45) is 3.33. The van der Waals surface area contributed by atoms with Gasteiger partial charge in [0.2, 0.25) is 0 Å². The van der Waals surface area contributed by atoms with Crippen LogP contribution in [-0.2, 0) is 21.8 Å². The molecule has 49 heavy (non-hydrogen) atoms. The molecule has 3 nitrogen and oxygen atoms in total. The van der Waals surface area contributed by atoms with E-state index in [1.54, 1.807) is 36.7 Å². The first-order valence-corrected chi connectivity index (χ1v) is 21.6. The standard InChI is InChI=1S/C39H32O3S7/c1-5-24-21-36(32-16-14-30(44-32)25-6-10-28(11-7-25)42-43-4)47-38(24)34-18-19-35(46-34)39-27(20-23(2)40)22-37(48-39)33-17-15-31(45-33)26-8-12-29(13-9-26)49-41-3/h6-19,21-22H,5,20H2,1-4H3. The maximum Gasteiger partial charge on any atom is 0.137 e. The molecule has 2 aromatic carbocycles. The molecule has 0 aliphatic rings. The zero-order valence-electron chi connectivity index (χ0n) is 27.2. The summed E-state index contributed by atoms with van der Waals surface area (Å²) in [4.78, 5) is 26.0. The normalized spacial score (nSPS) is 11.3. The van der Waals surface area contributed by atoms with E-state index in [1.165, 1.54) is 89.5 Å². The number of thiophene rings is 5. The van der Waals surface area contributed by atoms with Crippen LogP contribution in [0.4, 0.5) is 0 Å². The summed E-state index contributed by atoms with van der Waals surface area (Å²) in [5.41, 5.74) is 4.87. The second-order valence-corrected chi connectivity index (χ2v) is 18.0. The molecule has 0 saturated carbocycles. The van der Waals surface area contributed by atoms with Crippen molar-refractivity contribution in [3.05, 3.63) is 108 Å². The van der Waals surface area contributed by atoms with Gasteiger partial charge in [-0.2, -0.15) is 0 Å². The summed E-state index contributed by atoms with van der Waals surface area (Å²) < 4.78 is 10.7. The first-order chi connectivity index (χ1) is 23.9. The molecule has 248 valence electrons. The lowest BCUT2D eigenvalue weighted by Gasteiger charge is -2.01. The molecule has 0 fully saturated rings. The molecule has 10 heteroatoms. The molecule has 0 aliphatic carbocycles. The Balaban J connectivity index is 1.16. The van der Waals surface area contributed by atoms with E-state index in [9.17, 15) is 4.79 Å². The molecule has 0 radical (unpaired) electrons. The van der Waals surface area contributed by atoms with Crippen LogP contribution in [0.1, 0.15) is 25.0 Å². The van der Waals surface area contributed by atoms with Gasteiger partial charge < -0.3 is 8.37 Å². The average molecular weight is 773 g/mol. The molecular weight excluding hydrogens is 741 g/mol. The minimum Gasteiger partial charge on any atom is -0.426 e. The second-order valence-electron chi connectivity index (χ2n) is 11.2. The number of ketones is 1. The van der Waals surface area contributed by atoms with Gasteiger partial charge in [-0.15, -0.1) is 56.7 Å². The monoisotopic (exact) mass is 772 g/mol. The molecule has 0 bridgehead atoms. The summed E-state index contributed by atoms with van der Waals surface area (Å²) in [5.74, 6) is 1.05. The lowest BCUT2D eigenvalue weighted by Crippen LogP contribution is -1.95. The largest absolute Gasteiger partial charge is 0.426 e. The molecule has 0 N–H and O–H groups in total. The van der Waals surface area contributed by atoms with E-state index in [0.29, 0.717) is 6.42 Å². The summed E-state index contributed by atoms with van der Waals surface area (Å²) in [6, 6.07) is 34.7. The van der Waals surface area contributed by atoms with E-state index in [4.69, 9.17) is 8.37 Å². The number of carbonyl (C=O) groups excluding carboxylic acids is 1. The van der Waals surface area contributed by atoms with E-state index in [0.717, 1.165) is 22.6 Å². The highest BCUT2D eigenvalue weighted by atomic mass is 32.2. The molecule has 0 spiro atoms. The van der Waals surface area contributed by atoms with Crippen molar-refractivity contribution in [1.29, 1.82) is 0 Å². The minimum absolute atomic E-state index is 0.180. The first kappa shape index (κ1) is 34.5. The molecule has 5 heterocycles. The van der Waals surface area contributed by atoms with Gasteiger partial charge in [0.1, 0.15) is 11.5 Å². The fourth-order valence-electron chi connectivity index (χ4n) is 5.55. The Kier molecular flexibility index (Phi) is 10.9. The Bertz CT molecular complexity index is 2190. The van der Waals surface area contributed by atoms with Crippen LogP contribution in [-0.4, -0.2) is 19.1 Å². The Hall–Kier alpha value is -2.93. The van der Waals surface area contributed by atoms with Crippen LogP contribution in [0.5, 0.6) is 5.75 Å². The number of hydrogen-bond donors (Lipinski definition) is 0. The van der Waals surface area contributed by atoms with Crippen molar-refractivity contribution >= 4 is 86.6 Å². The molecule has 0 unspecified atom stereocenters. The third-order valence-electron chi connectivity index (χ3n) is 7.83. The van der Waals surface area contributed by atoms with Crippen molar-refractivity contribution in [2.45, 2.75) is 31.6 Å². The maximum absolute atomic E-state index is 12.4. The van der Waals surface area contributed by atoms with Gasteiger partial charge in [0.25, 0.3) is 0 Å². The van der Waals surface area contributed by atoms with Crippen molar-refractivity contribution in [2.75, 3.05) is 13.4 Å². The lowest BCUT2D eigenvalue weighted by atomic mass is 10.1. The highest BCUT2D eigenvalue weighted by Crippen LogP contribution is 2.49. The topological polar surface area (TPSA) is 35.5 Å². The van der Waals surface area contributed by atoms with E-state index in [2.05, 4.69) is 91.9 Å². The molecule has 0 atom stereocenters. The number of rotatable bonds is 13. The van der Waals surface area contributed by atoms with Crippen LogP contribution >= 0.6 is 80.8 Å². The number of benzene rings is 2. The predicted molar refractivity (Wildman–Crippen MR) is 219 cm³/mol. The van der Waals surface area contributed by atoms with E-state index >= 15 is 0 Å². The van der Waals surface area contributed by atoms with Crippen LogP contribution < -0.4 is 4.18 Å². The average Bonchev–Trinajstić information content (AvgIpc) is 3.95. The minimum atomic E-state index is 0.180. The Labute approximate surface area is 316 Å². The zero-order valence-corrected chi connectivity index (χ0v) is 32.9. The molecule has 0 aliphatic heterocycles. The SMILES string of the molecule is CCc1cc(-c2ccc(-c3ccc(OSC)cc3)s2)sc1-c1ccc(-c2sc(-c3ccc(-c4ccc(SOC)cc4)s3)cc2CC(C)=O)s1. The number of carbonyl (C=O) groups is 1. The molecular formula is C39H32O3S7. The zero-order chi connectivity index (χ0) is 33.9. The van der Waals surface area contributed by atoms with Gasteiger partial charge in [0.05, 0.1) is 19.2 Å². The summed E-state index contributed by atoms with van der Waals surface area (Å²) in [7, 11) is 1.68. The van der Waals surface area contributed by atoms with Gasteiger partial charge >= 0.3 is 0 Å². The smallest absolute Gasteiger partial charge is 0.137 e. The molecule has 7 rings (SSSR count). The van der Waals surface area contributed by atoms with Crippen molar-refractivity contribution in [3.63, 3.8) is 0 Å². The molecule has 5 aromatic heterocycles. The Morgan fingerprint density at radius 2 is 1.10 bits per heavy atom. The summed E-state index contributed by atoms with van der Waals surface area (Å²) in [5, 5.41) is 0. The van der Waals surface area contributed by atoms with E-state index in [-0.39, 0.29) is 5.78 Å². The quantitative estimate of drug-likeness (QED) is 0.109. The molecule has 7 aromatic rings. The lowest BCUT2D eigenvalue weighted by molar-refractivity contribution is -0.116. The highest BCUT2D eigenvalue weighted by Gasteiger charge is 2.20. The maximum atomic E-state index is 12.4. The van der Waals surface area contributed by atoms with E-state index in [1.807, 2.05) is 52.4 Å². The van der Waals surface area contributed by atoms with Crippen LogP contribution in [0.15, 0.2) is 102 Å². The van der Waals surface area contributed by atoms with Crippen molar-refractivity contribution in [3.8, 4) is 65.6 Å². The van der Waals surface area contributed by atoms with Gasteiger partial charge in [-0.3, -0.25) is 4.79 Å². The van der Waals surface area contributed by atoms with Crippen molar-refractivity contribution in [2.24, 2.45) is 0 Å². The van der Waals surface area contributed by atoms with Gasteiger partial charge in [0, 0.05) is 78.4 Å². The van der Waals surface area contributed by atoms with Crippen molar-refractivity contribution in [1.82, 2.24) is 0 Å².